The highest BCUT2D eigenvalue weighted by Gasteiger charge is 2.34. The van der Waals surface area contributed by atoms with Crippen molar-refractivity contribution < 1.29 is 9.53 Å². The molecule has 1 fully saturated rings. The second-order valence-corrected chi connectivity index (χ2v) is 6.01. The zero-order chi connectivity index (χ0) is 15.5. The first kappa shape index (κ1) is 15.1. The van der Waals surface area contributed by atoms with Crippen molar-refractivity contribution in [3.8, 4) is 5.75 Å². The Bertz CT molecular complexity index is 572. The van der Waals surface area contributed by atoms with Crippen LogP contribution in [-0.4, -0.2) is 48.7 Å². The molecule has 1 aromatic carbocycles. The van der Waals surface area contributed by atoms with Gasteiger partial charge < -0.3 is 19.9 Å². The van der Waals surface area contributed by atoms with Crippen LogP contribution in [0.2, 0.25) is 0 Å². The summed E-state index contributed by atoms with van der Waals surface area (Å²) in [5.41, 5.74) is 0.907. The number of benzene rings is 1. The molecular weight excluding hydrogens is 298 g/mol. The number of carbonyl (C=O) groups excluding carboxylic acids is 1. The number of nitrogens with zero attached hydrogens (tertiary/aromatic N) is 2. The molecule has 0 unspecified atom stereocenters. The van der Waals surface area contributed by atoms with Crippen molar-refractivity contribution in [1.82, 2.24) is 10.2 Å². The number of ether oxygens (including phenoxy) is 1. The van der Waals surface area contributed by atoms with Crippen molar-refractivity contribution in [1.29, 1.82) is 0 Å². The molecule has 2 aliphatic rings. The highest BCUT2D eigenvalue weighted by molar-refractivity contribution is 7.80. The van der Waals surface area contributed by atoms with Crippen molar-refractivity contribution in [3.63, 3.8) is 0 Å². The second kappa shape index (κ2) is 6.52. The van der Waals surface area contributed by atoms with E-state index in [1.807, 2.05) is 34.1 Å². The molecule has 22 heavy (non-hydrogen) atoms. The third-order valence-electron chi connectivity index (χ3n) is 4.18. The molecule has 1 amide bonds. The quantitative estimate of drug-likeness (QED) is 0.799. The first-order chi connectivity index (χ1) is 10.7. The molecule has 118 valence electrons. The molecule has 0 saturated carbocycles. The molecule has 0 aliphatic carbocycles. The predicted octanol–water partition coefficient (Wildman–Crippen LogP) is 1.77. The number of amides is 1. The van der Waals surface area contributed by atoms with Crippen LogP contribution in [0.5, 0.6) is 5.75 Å². The summed E-state index contributed by atoms with van der Waals surface area (Å²) in [4.78, 5) is 16.6. The molecule has 5 nitrogen and oxygen atoms in total. The predicted molar refractivity (Wildman–Crippen MR) is 90.3 cm³/mol. The number of hydrogen-bond donors (Lipinski definition) is 1. The SMILES string of the molecule is CNC(=S)N1C[C@@H](C(=O)N2CCCCC2)Oc2ccccc21. The second-order valence-electron chi connectivity index (χ2n) is 5.63. The van der Waals surface area contributed by atoms with Crippen LogP contribution >= 0.6 is 12.2 Å². The maximum atomic E-state index is 12.7. The van der Waals surface area contributed by atoms with E-state index in [0.717, 1.165) is 31.6 Å². The fourth-order valence-corrected chi connectivity index (χ4v) is 3.18. The van der Waals surface area contributed by atoms with E-state index in [2.05, 4.69) is 5.32 Å². The van der Waals surface area contributed by atoms with Crippen molar-refractivity contribution >= 4 is 28.9 Å². The topological polar surface area (TPSA) is 44.8 Å². The Morgan fingerprint density at radius 2 is 2.00 bits per heavy atom. The molecule has 2 aliphatic heterocycles. The van der Waals surface area contributed by atoms with Crippen molar-refractivity contribution in [2.75, 3.05) is 31.6 Å². The zero-order valence-electron chi connectivity index (χ0n) is 12.7. The molecule has 1 aromatic rings. The molecule has 6 heteroatoms. The summed E-state index contributed by atoms with van der Waals surface area (Å²) in [5.74, 6) is 0.778. The van der Waals surface area contributed by atoms with Crippen molar-refractivity contribution in [2.45, 2.75) is 25.4 Å². The Kier molecular flexibility index (Phi) is 4.47. The Hall–Kier alpha value is -1.82. The number of para-hydroxylation sites is 2. The van der Waals surface area contributed by atoms with E-state index in [1.54, 1.807) is 7.05 Å². The summed E-state index contributed by atoms with van der Waals surface area (Å²) in [6.07, 6.45) is 2.86. The molecule has 0 bridgehead atoms. The summed E-state index contributed by atoms with van der Waals surface area (Å²) >= 11 is 5.38. The minimum Gasteiger partial charge on any atom is -0.476 e. The van der Waals surface area contributed by atoms with E-state index in [1.165, 1.54) is 6.42 Å². The van der Waals surface area contributed by atoms with Gasteiger partial charge >= 0.3 is 0 Å². The van der Waals surface area contributed by atoms with Gasteiger partial charge in [0, 0.05) is 20.1 Å². The minimum absolute atomic E-state index is 0.0677. The summed E-state index contributed by atoms with van der Waals surface area (Å²) in [6, 6.07) is 7.70. The lowest BCUT2D eigenvalue weighted by atomic mass is 10.1. The summed E-state index contributed by atoms with van der Waals surface area (Å²) < 4.78 is 5.95. The molecule has 0 radical (unpaired) electrons. The van der Waals surface area contributed by atoms with Gasteiger partial charge in [-0.1, -0.05) is 12.1 Å². The van der Waals surface area contributed by atoms with Crippen LogP contribution < -0.4 is 15.0 Å². The molecule has 1 N–H and O–H groups in total. The Balaban J connectivity index is 1.83. The van der Waals surface area contributed by atoms with Crippen LogP contribution in [0.4, 0.5) is 5.69 Å². The first-order valence-corrected chi connectivity index (χ1v) is 8.15. The lowest BCUT2D eigenvalue weighted by Crippen LogP contribution is -2.54. The van der Waals surface area contributed by atoms with Gasteiger partial charge in [-0.2, -0.15) is 0 Å². The van der Waals surface area contributed by atoms with E-state index < -0.39 is 6.10 Å². The maximum Gasteiger partial charge on any atom is 0.265 e. The monoisotopic (exact) mass is 319 g/mol. The Morgan fingerprint density at radius 3 is 2.73 bits per heavy atom. The molecule has 1 atom stereocenters. The van der Waals surface area contributed by atoms with E-state index in [-0.39, 0.29) is 5.91 Å². The van der Waals surface area contributed by atoms with Crippen LogP contribution in [0.15, 0.2) is 24.3 Å². The van der Waals surface area contributed by atoms with Crippen LogP contribution in [0.1, 0.15) is 19.3 Å². The summed E-state index contributed by atoms with van der Waals surface area (Å²) in [7, 11) is 1.79. The highest BCUT2D eigenvalue weighted by Crippen LogP contribution is 2.33. The fourth-order valence-electron chi connectivity index (χ4n) is 3.01. The molecule has 1 saturated heterocycles. The lowest BCUT2D eigenvalue weighted by molar-refractivity contribution is -0.139. The van der Waals surface area contributed by atoms with Crippen molar-refractivity contribution in [3.05, 3.63) is 24.3 Å². The van der Waals surface area contributed by atoms with Crippen LogP contribution in [-0.2, 0) is 4.79 Å². The van der Waals surface area contributed by atoms with Gasteiger partial charge in [0.05, 0.1) is 12.2 Å². The third kappa shape index (κ3) is 2.88. The number of fused-ring (bicyclic) bond motifs is 1. The Morgan fingerprint density at radius 1 is 1.27 bits per heavy atom. The smallest absolute Gasteiger partial charge is 0.265 e. The number of nitrogens with one attached hydrogen (secondary N) is 1. The van der Waals surface area contributed by atoms with Gasteiger partial charge in [-0.3, -0.25) is 4.79 Å². The van der Waals surface area contributed by atoms with E-state index in [0.29, 0.717) is 17.4 Å². The average molecular weight is 319 g/mol. The standard InChI is InChI=1S/C16H21N3O2S/c1-17-16(22)19-11-14(15(20)18-9-5-2-6-10-18)21-13-8-4-3-7-12(13)19/h3-4,7-8,14H,2,5-6,9-11H2,1H3,(H,17,22)/t14-/m0/s1. The first-order valence-electron chi connectivity index (χ1n) is 7.74. The van der Waals surface area contributed by atoms with Gasteiger partial charge in [0.25, 0.3) is 5.91 Å². The zero-order valence-corrected chi connectivity index (χ0v) is 13.6. The molecule has 3 rings (SSSR count). The fraction of sp³-hybridized carbons (Fsp3) is 0.500. The third-order valence-corrected chi connectivity index (χ3v) is 4.60. The highest BCUT2D eigenvalue weighted by atomic mass is 32.1. The number of carbonyl (C=O) groups is 1. The maximum absolute atomic E-state index is 12.7. The number of rotatable bonds is 1. The van der Waals surface area contributed by atoms with Gasteiger partial charge in [-0.25, -0.2) is 0 Å². The van der Waals surface area contributed by atoms with E-state index in [9.17, 15) is 4.79 Å². The number of anilines is 1. The molecule has 0 aromatic heterocycles. The minimum atomic E-state index is -0.501. The van der Waals surface area contributed by atoms with Gasteiger partial charge in [0.15, 0.2) is 11.2 Å². The van der Waals surface area contributed by atoms with Gasteiger partial charge in [0.2, 0.25) is 0 Å². The Labute approximate surface area is 136 Å². The van der Waals surface area contributed by atoms with Crippen LogP contribution in [0.25, 0.3) is 0 Å². The largest absolute Gasteiger partial charge is 0.476 e. The summed E-state index contributed by atoms with van der Waals surface area (Å²) in [6.45, 7) is 2.11. The van der Waals surface area contributed by atoms with Gasteiger partial charge in [-0.15, -0.1) is 0 Å². The summed E-state index contributed by atoms with van der Waals surface area (Å²) in [5, 5.41) is 3.60. The molecule has 2 heterocycles. The molecular formula is C16H21N3O2S. The lowest BCUT2D eigenvalue weighted by Gasteiger charge is -2.38. The van der Waals surface area contributed by atoms with Crippen LogP contribution in [0.3, 0.4) is 0 Å². The van der Waals surface area contributed by atoms with E-state index >= 15 is 0 Å². The average Bonchev–Trinajstić information content (AvgIpc) is 2.60. The number of likely N-dealkylation sites (tertiary alicyclic amines) is 1. The molecule has 0 spiro atoms. The van der Waals surface area contributed by atoms with Gasteiger partial charge in [0.1, 0.15) is 5.75 Å². The number of piperidine rings is 1. The number of thiocarbonyl (C=S) groups is 1. The van der Waals surface area contributed by atoms with Crippen molar-refractivity contribution in [2.24, 2.45) is 0 Å². The van der Waals surface area contributed by atoms with Gasteiger partial charge in [-0.05, 0) is 43.6 Å². The van der Waals surface area contributed by atoms with E-state index in [4.69, 9.17) is 17.0 Å². The van der Waals surface area contributed by atoms with Crippen LogP contribution in [0, 0.1) is 0 Å². The number of hydrogen-bond acceptors (Lipinski definition) is 3. The normalized spacial score (nSPS) is 20.9.